The number of aromatic nitrogens is 1. The van der Waals surface area contributed by atoms with Crippen LogP contribution < -0.4 is 5.73 Å². The van der Waals surface area contributed by atoms with Crippen LogP contribution in [0.25, 0.3) is 11.1 Å². The second kappa shape index (κ2) is 5.79. The van der Waals surface area contributed by atoms with Crippen molar-refractivity contribution in [3.63, 3.8) is 0 Å². The number of anilines is 1. The highest BCUT2D eigenvalue weighted by Crippen LogP contribution is 2.35. The van der Waals surface area contributed by atoms with Gasteiger partial charge in [0, 0.05) is 6.42 Å². The van der Waals surface area contributed by atoms with Gasteiger partial charge in [-0.05, 0) is 30.0 Å². The Morgan fingerprint density at radius 3 is 2.62 bits per heavy atom. The van der Waals surface area contributed by atoms with Gasteiger partial charge in [0.2, 0.25) is 0 Å². The molecule has 0 saturated carbocycles. The molecule has 3 nitrogen and oxygen atoms in total. The van der Waals surface area contributed by atoms with Gasteiger partial charge in [-0.1, -0.05) is 31.1 Å². The lowest BCUT2D eigenvalue weighted by Crippen LogP contribution is -2.04. The van der Waals surface area contributed by atoms with E-state index < -0.39 is 11.7 Å². The molecule has 1 heterocycles. The minimum Gasteiger partial charge on any atom is -0.380 e. The van der Waals surface area contributed by atoms with Gasteiger partial charge < -0.3 is 10.3 Å². The molecule has 0 fully saturated rings. The lowest BCUT2D eigenvalue weighted by atomic mass is 9.99. The number of hydrogen-bond acceptors (Lipinski definition) is 3. The average Bonchev–Trinajstić information content (AvgIpc) is 2.76. The zero-order valence-electron chi connectivity index (χ0n) is 11.9. The van der Waals surface area contributed by atoms with Crippen molar-refractivity contribution in [3.05, 3.63) is 35.6 Å². The Morgan fingerprint density at radius 1 is 1.29 bits per heavy atom. The highest BCUT2D eigenvalue weighted by molar-refractivity contribution is 5.76. The monoisotopic (exact) mass is 298 g/mol. The fraction of sp³-hybridized carbons (Fsp3) is 0.400. The summed E-state index contributed by atoms with van der Waals surface area (Å²) < 4.78 is 43.6. The van der Waals surface area contributed by atoms with Crippen molar-refractivity contribution in [2.24, 2.45) is 5.92 Å². The van der Waals surface area contributed by atoms with Crippen LogP contribution in [0, 0.1) is 5.92 Å². The Hall–Kier alpha value is -1.98. The molecule has 0 aliphatic heterocycles. The first-order chi connectivity index (χ1) is 9.79. The van der Waals surface area contributed by atoms with Crippen molar-refractivity contribution in [1.29, 1.82) is 0 Å². The third kappa shape index (κ3) is 3.56. The number of nitrogens with zero attached hydrogens (tertiary/aromatic N) is 1. The lowest BCUT2D eigenvalue weighted by molar-refractivity contribution is -0.137. The molecule has 0 radical (unpaired) electrons. The number of aryl methyl sites for hydroxylation is 1. The summed E-state index contributed by atoms with van der Waals surface area (Å²) in [6.07, 6.45) is -2.95. The second-order valence-corrected chi connectivity index (χ2v) is 5.38. The molecule has 21 heavy (non-hydrogen) atoms. The van der Waals surface area contributed by atoms with Gasteiger partial charge >= 0.3 is 6.18 Å². The largest absolute Gasteiger partial charge is 0.416 e. The van der Waals surface area contributed by atoms with E-state index in [2.05, 4.69) is 19.0 Å². The molecule has 0 unspecified atom stereocenters. The maximum atomic E-state index is 12.8. The minimum absolute atomic E-state index is 0.119. The summed E-state index contributed by atoms with van der Waals surface area (Å²) >= 11 is 0. The molecule has 114 valence electrons. The summed E-state index contributed by atoms with van der Waals surface area (Å²) in [5, 5.41) is 3.68. The third-order valence-corrected chi connectivity index (χ3v) is 3.22. The van der Waals surface area contributed by atoms with E-state index in [0.29, 0.717) is 29.2 Å². The lowest BCUT2D eigenvalue weighted by Gasteiger charge is -2.09. The molecule has 0 saturated heterocycles. The molecule has 0 bridgehead atoms. The Labute approximate surface area is 120 Å². The van der Waals surface area contributed by atoms with Crippen LogP contribution in [-0.4, -0.2) is 5.16 Å². The number of nitrogens with two attached hydrogens (primary N) is 1. The molecule has 2 aromatic rings. The van der Waals surface area contributed by atoms with Crippen LogP contribution in [0.15, 0.2) is 28.8 Å². The summed E-state index contributed by atoms with van der Waals surface area (Å²) in [5.41, 5.74) is 5.88. The van der Waals surface area contributed by atoms with Crippen LogP contribution in [0.4, 0.5) is 19.0 Å². The summed E-state index contributed by atoms with van der Waals surface area (Å²) in [4.78, 5) is 0. The van der Waals surface area contributed by atoms with Gasteiger partial charge in [0.1, 0.15) is 5.76 Å². The van der Waals surface area contributed by atoms with Crippen LogP contribution in [0.3, 0.4) is 0 Å². The number of alkyl halides is 3. The molecule has 0 aliphatic carbocycles. The van der Waals surface area contributed by atoms with Crippen LogP contribution in [-0.2, 0) is 12.6 Å². The van der Waals surface area contributed by atoms with Crippen molar-refractivity contribution < 1.29 is 17.7 Å². The molecule has 0 spiro atoms. The minimum atomic E-state index is -4.39. The topological polar surface area (TPSA) is 52.0 Å². The SMILES string of the molecule is CC(C)CCc1onc(N)c1-c1cccc(C(F)(F)F)c1. The number of rotatable bonds is 4. The number of halogens is 3. The van der Waals surface area contributed by atoms with Crippen LogP contribution in [0.5, 0.6) is 0 Å². The van der Waals surface area contributed by atoms with E-state index in [1.165, 1.54) is 6.07 Å². The molecule has 2 rings (SSSR count). The van der Waals surface area contributed by atoms with E-state index in [-0.39, 0.29) is 5.82 Å². The van der Waals surface area contributed by atoms with E-state index in [0.717, 1.165) is 18.6 Å². The predicted molar refractivity (Wildman–Crippen MR) is 74.5 cm³/mol. The van der Waals surface area contributed by atoms with Crippen molar-refractivity contribution in [2.75, 3.05) is 5.73 Å². The standard InChI is InChI=1S/C15H17F3N2O/c1-9(2)6-7-12-13(14(19)20-21-12)10-4-3-5-11(8-10)15(16,17)18/h3-5,8-9H,6-7H2,1-2H3,(H2,19,20). The van der Waals surface area contributed by atoms with Crippen LogP contribution in [0.2, 0.25) is 0 Å². The Kier molecular flexibility index (Phi) is 4.25. The molecular weight excluding hydrogens is 281 g/mol. The summed E-state index contributed by atoms with van der Waals surface area (Å²) in [5.74, 6) is 1.10. The third-order valence-electron chi connectivity index (χ3n) is 3.22. The van der Waals surface area contributed by atoms with Crippen molar-refractivity contribution in [1.82, 2.24) is 5.16 Å². The molecule has 6 heteroatoms. The molecule has 0 amide bonds. The first-order valence-electron chi connectivity index (χ1n) is 6.70. The smallest absolute Gasteiger partial charge is 0.380 e. The van der Waals surface area contributed by atoms with Crippen LogP contribution in [0.1, 0.15) is 31.6 Å². The average molecular weight is 298 g/mol. The first-order valence-corrected chi connectivity index (χ1v) is 6.70. The Morgan fingerprint density at radius 2 is 2.00 bits per heavy atom. The second-order valence-electron chi connectivity index (χ2n) is 5.38. The molecule has 0 aliphatic rings. The number of benzene rings is 1. The van der Waals surface area contributed by atoms with Gasteiger partial charge in [-0.15, -0.1) is 0 Å². The summed E-state index contributed by atoms with van der Waals surface area (Å²) in [7, 11) is 0. The van der Waals surface area contributed by atoms with Gasteiger partial charge in [0.15, 0.2) is 5.82 Å². The fourth-order valence-electron chi connectivity index (χ4n) is 2.09. The predicted octanol–water partition coefficient (Wildman–Crippen LogP) is 4.53. The molecular formula is C15H17F3N2O. The number of hydrogen-bond donors (Lipinski definition) is 1. The van der Waals surface area contributed by atoms with E-state index in [1.54, 1.807) is 6.07 Å². The van der Waals surface area contributed by atoms with Gasteiger partial charge in [0.25, 0.3) is 0 Å². The summed E-state index contributed by atoms with van der Waals surface area (Å²) in [6.45, 7) is 4.12. The van der Waals surface area contributed by atoms with Crippen LogP contribution >= 0.6 is 0 Å². The van der Waals surface area contributed by atoms with Gasteiger partial charge in [-0.2, -0.15) is 13.2 Å². The summed E-state index contributed by atoms with van der Waals surface area (Å²) in [6, 6.07) is 5.04. The van der Waals surface area contributed by atoms with Gasteiger partial charge in [0.05, 0.1) is 11.1 Å². The van der Waals surface area contributed by atoms with E-state index >= 15 is 0 Å². The Bertz CT molecular complexity index is 618. The van der Waals surface area contributed by atoms with Crippen molar-refractivity contribution in [3.8, 4) is 11.1 Å². The Balaban J connectivity index is 2.40. The fourth-order valence-corrected chi connectivity index (χ4v) is 2.09. The molecule has 1 aromatic heterocycles. The quantitative estimate of drug-likeness (QED) is 0.902. The van der Waals surface area contributed by atoms with Crippen molar-refractivity contribution >= 4 is 5.82 Å². The van der Waals surface area contributed by atoms with Gasteiger partial charge in [-0.3, -0.25) is 0 Å². The molecule has 1 aromatic carbocycles. The van der Waals surface area contributed by atoms with E-state index in [9.17, 15) is 13.2 Å². The maximum Gasteiger partial charge on any atom is 0.416 e. The molecule has 2 N–H and O–H groups in total. The van der Waals surface area contributed by atoms with E-state index in [4.69, 9.17) is 10.3 Å². The first kappa shape index (κ1) is 15.4. The molecule has 0 atom stereocenters. The highest BCUT2D eigenvalue weighted by Gasteiger charge is 2.31. The maximum absolute atomic E-state index is 12.8. The normalized spacial score (nSPS) is 12.1. The zero-order chi connectivity index (χ0) is 15.6. The van der Waals surface area contributed by atoms with E-state index in [1.807, 2.05) is 0 Å². The van der Waals surface area contributed by atoms with Crippen molar-refractivity contribution in [2.45, 2.75) is 32.9 Å². The zero-order valence-corrected chi connectivity index (χ0v) is 11.9. The number of nitrogen functional groups attached to an aromatic ring is 1. The highest BCUT2D eigenvalue weighted by atomic mass is 19.4. The van der Waals surface area contributed by atoms with Gasteiger partial charge in [-0.25, -0.2) is 0 Å².